The van der Waals surface area contributed by atoms with Gasteiger partial charge in [0.2, 0.25) is 0 Å². The van der Waals surface area contributed by atoms with Crippen LogP contribution in [0.2, 0.25) is 0 Å². The minimum Gasteiger partial charge on any atom is -0.453 e. The molecular formula is C45H30N4O. The molecular weight excluding hydrogens is 613 g/mol. The smallest absolute Gasteiger partial charge is 0.164 e. The van der Waals surface area contributed by atoms with E-state index in [0.717, 1.165) is 67.5 Å². The van der Waals surface area contributed by atoms with E-state index in [9.17, 15) is 0 Å². The third kappa shape index (κ3) is 5.57. The maximum atomic E-state index is 6.45. The summed E-state index contributed by atoms with van der Waals surface area (Å²) in [6.07, 6.45) is 0. The largest absolute Gasteiger partial charge is 0.453 e. The summed E-state index contributed by atoms with van der Waals surface area (Å²) in [6.45, 7) is 0. The Morgan fingerprint density at radius 2 is 0.780 bits per heavy atom. The van der Waals surface area contributed by atoms with E-state index >= 15 is 0 Å². The van der Waals surface area contributed by atoms with Crippen LogP contribution in [0.3, 0.4) is 0 Å². The molecule has 8 aromatic rings. The van der Waals surface area contributed by atoms with Crippen LogP contribution < -0.4 is 9.64 Å². The van der Waals surface area contributed by atoms with Gasteiger partial charge < -0.3 is 9.64 Å². The average Bonchev–Trinajstić information content (AvgIpc) is 3.20. The highest BCUT2D eigenvalue weighted by atomic mass is 16.5. The molecule has 1 aromatic heterocycles. The van der Waals surface area contributed by atoms with Crippen LogP contribution in [0.15, 0.2) is 182 Å². The van der Waals surface area contributed by atoms with Crippen LogP contribution in [0.25, 0.3) is 56.4 Å². The van der Waals surface area contributed by atoms with Gasteiger partial charge in [0.25, 0.3) is 0 Å². The molecule has 0 fully saturated rings. The van der Waals surface area contributed by atoms with Crippen LogP contribution in [0, 0.1) is 0 Å². The molecule has 0 atom stereocenters. The highest BCUT2D eigenvalue weighted by molar-refractivity contribution is 5.88. The molecule has 1 aliphatic heterocycles. The fraction of sp³-hybridized carbons (Fsp3) is 0. The molecule has 236 valence electrons. The highest BCUT2D eigenvalue weighted by Gasteiger charge is 2.26. The van der Waals surface area contributed by atoms with Crippen molar-refractivity contribution in [3.63, 3.8) is 0 Å². The number of hydrogen-bond donors (Lipinski definition) is 0. The summed E-state index contributed by atoms with van der Waals surface area (Å²) >= 11 is 0. The normalized spacial score (nSPS) is 11.7. The molecule has 5 nitrogen and oxygen atoms in total. The lowest BCUT2D eigenvalue weighted by Crippen LogP contribution is -2.15. The summed E-state index contributed by atoms with van der Waals surface area (Å²) in [6, 6.07) is 62.2. The molecule has 50 heavy (non-hydrogen) atoms. The van der Waals surface area contributed by atoms with Gasteiger partial charge in [0.1, 0.15) is 0 Å². The molecule has 0 unspecified atom stereocenters. The van der Waals surface area contributed by atoms with E-state index in [0.29, 0.717) is 17.5 Å². The molecule has 0 radical (unpaired) electrons. The average molecular weight is 643 g/mol. The number of hydrogen-bond acceptors (Lipinski definition) is 5. The van der Waals surface area contributed by atoms with Crippen molar-refractivity contribution < 1.29 is 4.74 Å². The predicted molar refractivity (Wildman–Crippen MR) is 202 cm³/mol. The zero-order valence-corrected chi connectivity index (χ0v) is 27.0. The number of rotatable bonds is 6. The first-order valence-corrected chi connectivity index (χ1v) is 16.6. The monoisotopic (exact) mass is 642 g/mol. The van der Waals surface area contributed by atoms with E-state index in [1.165, 1.54) is 0 Å². The number of para-hydroxylation sites is 3. The highest BCUT2D eigenvalue weighted by Crippen LogP contribution is 2.51. The fourth-order valence-corrected chi connectivity index (χ4v) is 6.42. The summed E-state index contributed by atoms with van der Waals surface area (Å²) in [5, 5.41) is 0. The van der Waals surface area contributed by atoms with E-state index in [1.54, 1.807) is 0 Å². The lowest BCUT2D eigenvalue weighted by Gasteiger charge is -2.33. The van der Waals surface area contributed by atoms with Gasteiger partial charge in [-0.05, 0) is 64.7 Å². The van der Waals surface area contributed by atoms with Gasteiger partial charge in [0.15, 0.2) is 29.0 Å². The lowest BCUT2D eigenvalue weighted by molar-refractivity contribution is 0.477. The topological polar surface area (TPSA) is 51.1 Å². The number of nitrogens with zero attached hydrogens (tertiary/aromatic N) is 4. The van der Waals surface area contributed by atoms with Crippen molar-refractivity contribution in [1.29, 1.82) is 0 Å². The van der Waals surface area contributed by atoms with Crippen LogP contribution in [-0.4, -0.2) is 15.0 Å². The van der Waals surface area contributed by atoms with Crippen molar-refractivity contribution in [1.82, 2.24) is 15.0 Å². The summed E-state index contributed by atoms with van der Waals surface area (Å²) < 4.78 is 6.45. The van der Waals surface area contributed by atoms with E-state index in [4.69, 9.17) is 19.7 Å². The Bertz CT molecular complexity index is 2390. The Kier molecular flexibility index (Phi) is 7.41. The zero-order valence-electron chi connectivity index (χ0n) is 27.0. The lowest BCUT2D eigenvalue weighted by atomic mass is 9.98. The summed E-state index contributed by atoms with van der Waals surface area (Å²) in [4.78, 5) is 16.9. The Labute approximate surface area is 290 Å². The minimum atomic E-state index is 0.636. The van der Waals surface area contributed by atoms with Gasteiger partial charge in [-0.2, -0.15) is 0 Å². The maximum Gasteiger partial charge on any atom is 0.164 e. The molecule has 0 aliphatic carbocycles. The molecule has 9 rings (SSSR count). The standard InChI is InChI=1S/C45H30N4O/c1-4-13-33(14-5-1)43-46-44(34-15-6-2-7-16-34)48-45(47-43)37-18-12-17-35(29-37)31-23-25-32(26-24-31)36-27-28-40-42(30-36)50-41-22-11-10-21-39(41)49(40)38-19-8-3-9-20-38/h1-30H. The van der Waals surface area contributed by atoms with Crippen LogP contribution in [-0.2, 0) is 0 Å². The van der Waals surface area contributed by atoms with Gasteiger partial charge in [-0.25, -0.2) is 15.0 Å². The second-order valence-corrected chi connectivity index (χ2v) is 12.1. The van der Waals surface area contributed by atoms with Crippen LogP contribution in [0.5, 0.6) is 11.5 Å². The summed E-state index contributed by atoms with van der Waals surface area (Å²) in [5.74, 6) is 3.59. The third-order valence-electron chi connectivity index (χ3n) is 8.91. The summed E-state index contributed by atoms with van der Waals surface area (Å²) in [5.41, 5.74) is 10.3. The minimum absolute atomic E-state index is 0.636. The molecule has 0 bridgehead atoms. The number of aromatic nitrogens is 3. The van der Waals surface area contributed by atoms with Crippen molar-refractivity contribution in [3.8, 4) is 67.9 Å². The molecule has 0 saturated carbocycles. The first kappa shape index (κ1) is 29.3. The van der Waals surface area contributed by atoms with Gasteiger partial charge in [-0.15, -0.1) is 0 Å². The van der Waals surface area contributed by atoms with E-state index in [1.807, 2.05) is 84.9 Å². The fourth-order valence-electron chi connectivity index (χ4n) is 6.42. The first-order valence-electron chi connectivity index (χ1n) is 16.6. The molecule has 0 saturated heterocycles. The molecule has 1 aliphatic rings. The molecule has 7 aromatic carbocycles. The van der Waals surface area contributed by atoms with E-state index < -0.39 is 0 Å². The summed E-state index contributed by atoms with van der Waals surface area (Å²) in [7, 11) is 0. The van der Waals surface area contributed by atoms with Crippen molar-refractivity contribution >= 4 is 17.1 Å². The van der Waals surface area contributed by atoms with Gasteiger partial charge in [-0.1, -0.05) is 140 Å². The Balaban J connectivity index is 1.04. The maximum absolute atomic E-state index is 6.45. The second-order valence-electron chi connectivity index (χ2n) is 12.1. The number of benzene rings is 7. The van der Waals surface area contributed by atoms with Crippen LogP contribution in [0.1, 0.15) is 0 Å². The molecule has 2 heterocycles. The quantitative estimate of drug-likeness (QED) is 0.181. The van der Waals surface area contributed by atoms with Crippen molar-refractivity contribution in [3.05, 3.63) is 182 Å². The first-order chi connectivity index (χ1) is 24.8. The second kappa shape index (κ2) is 12.6. The molecule has 0 amide bonds. The predicted octanol–water partition coefficient (Wildman–Crippen LogP) is 11.8. The van der Waals surface area contributed by atoms with E-state index in [-0.39, 0.29) is 0 Å². The Hall–Kier alpha value is -6.85. The van der Waals surface area contributed by atoms with E-state index in [2.05, 4.69) is 102 Å². The number of anilines is 3. The van der Waals surface area contributed by atoms with Crippen molar-refractivity contribution in [2.45, 2.75) is 0 Å². The molecule has 0 N–H and O–H groups in total. The molecule has 0 spiro atoms. The van der Waals surface area contributed by atoms with Crippen LogP contribution in [0.4, 0.5) is 17.1 Å². The van der Waals surface area contributed by atoms with Gasteiger partial charge in [0, 0.05) is 22.4 Å². The van der Waals surface area contributed by atoms with Crippen LogP contribution >= 0.6 is 0 Å². The zero-order chi connectivity index (χ0) is 33.3. The third-order valence-corrected chi connectivity index (χ3v) is 8.91. The Morgan fingerprint density at radius 1 is 0.320 bits per heavy atom. The number of ether oxygens (including phenoxy) is 1. The van der Waals surface area contributed by atoms with Crippen molar-refractivity contribution in [2.75, 3.05) is 4.90 Å². The number of fused-ring (bicyclic) bond motifs is 2. The van der Waals surface area contributed by atoms with Gasteiger partial charge >= 0.3 is 0 Å². The van der Waals surface area contributed by atoms with Crippen molar-refractivity contribution in [2.24, 2.45) is 0 Å². The van der Waals surface area contributed by atoms with Gasteiger partial charge in [-0.3, -0.25) is 0 Å². The van der Waals surface area contributed by atoms with Gasteiger partial charge in [0.05, 0.1) is 11.4 Å². The molecule has 5 heteroatoms. The SMILES string of the molecule is c1ccc(-c2nc(-c3ccccc3)nc(-c3cccc(-c4ccc(-c5ccc6c(c5)Oc5ccccc5N6c5ccccc5)cc4)c3)n2)cc1. The Morgan fingerprint density at radius 3 is 1.42 bits per heavy atom.